The van der Waals surface area contributed by atoms with E-state index < -0.39 is 5.97 Å². The van der Waals surface area contributed by atoms with E-state index in [0.717, 1.165) is 10.9 Å². The van der Waals surface area contributed by atoms with E-state index in [9.17, 15) is 4.79 Å². The van der Waals surface area contributed by atoms with Gasteiger partial charge in [-0.25, -0.2) is 4.79 Å². The fourth-order valence-corrected chi connectivity index (χ4v) is 1.96. The third-order valence-corrected chi connectivity index (χ3v) is 2.71. The number of benzene rings is 1. The van der Waals surface area contributed by atoms with E-state index in [0.29, 0.717) is 11.3 Å². The van der Waals surface area contributed by atoms with Crippen molar-refractivity contribution in [1.82, 2.24) is 0 Å². The molecule has 0 fully saturated rings. The van der Waals surface area contributed by atoms with Crippen molar-refractivity contribution in [2.24, 2.45) is 0 Å². The predicted octanol–water partition coefficient (Wildman–Crippen LogP) is 3.26. The molecule has 0 saturated heterocycles. The summed E-state index contributed by atoms with van der Waals surface area (Å²) >= 11 is 0. The molecule has 0 atom stereocenters. The number of rotatable bonds is 3. The lowest BCUT2D eigenvalue weighted by atomic mass is 9.99. The fourth-order valence-electron chi connectivity index (χ4n) is 1.96. The summed E-state index contributed by atoms with van der Waals surface area (Å²) in [5.74, 6) is -0.277. The Hall–Kier alpha value is -1.97. The minimum Gasteiger partial charge on any atom is -0.497 e. The normalized spacial score (nSPS) is 11.1. The SMILES string of the molecule is COc1ccc2c(C(C)C)c(C(=O)O)oc2c1. The summed E-state index contributed by atoms with van der Waals surface area (Å²) in [4.78, 5) is 11.1. The molecule has 90 valence electrons. The van der Waals surface area contributed by atoms with Crippen molar-refractivity contribution in [3.05, 3.63) is 29.5 Å². The molecule has 4 heteroatoms. The summed E-state index contributed by atoms with van der Waals surface area (Å²) < 4.78 is 10.5. The maximum absolute atomic E-state index is 11.1. The van der Waals surface area contributed by atoms with Crippen LogP contribution in [0.2, 0.25) is 0 Å². The first-order chi connectivity index (χ1) is 8.04. The van der Waals surface area contributed by atoms with Crippen LogP contribution in [0.3, 0.4) is 0 Å². The molecule has 0 aliphatic heterocycles. The number of carboxylic acids is 1. The molecule has 0 radical (unpaired) electrons. The van der Waals surface area contributed by atoms with Crippen molar-refractivity contribution in [3.8, 4) is 5.75 Å². The molecule has 1 heterocycles. The molecule has 1 aromatic heterocycles. The van der Waals surface area contributed by atoms with Gasteiger partial charge < -0.3 is 14.3 Å². The highest BCUT2D eigenvalue weighted by Gasteiger charge is 2.22. The maximum Gasteiger partial charge on any atom is 0.372 e. The van der Waals surface area contributed by atoms with Gasteiger partial charge in [0.1, 0.15) is 11.3 Å². The van der Waals surface area contributed by atoms with Gasteiger partial charge in [-0.3, -0.25) is 0 Å². The summed E-state index contributed by atoms with van der Waals surface area (Å²) in [6, 6.07) is 5.34. The zero-order chi connectivity index (χ0) is 12.6. The van der Waals surface area contributed by atoms with Crippen LogP contribution in [0.25, 0.3) is 11.0 Å². The summed E-state index contributed by atoms with van der Waals surface area (Å²) in [7, 11) is 1.56. The van der Waals surface area contributed by atoms with Gasteiger partial charge in [0.15, 0.2) is 0 Å². The third-order valence-electron chi connectivity index (χ3n) is 2.71. The quantitative estimate of drug-likeness (QED) is 0.885. The number of hydrogen-bond acceptors (Lipinski definition) is 3. The number of carboxylic acid groups (broad SMARTS) is 1. The van der Waals surface area contributed by atoms with Gasteiger partial charge in [-0.05, 0) is 18.1 Å². The summed E-state index contributed by atoms with van der Waals surface area (Å²) in [5, 5.41) is 9.95. The Bertz CT molecular complexity index is 566. The minimum absolute atomic E-state index is 0.0169. The standard InChI is InChI=1S/C13H14O4/c1-7(2)11-9-5-4-8(16-3)6-10(9)17-12(11)13(14)15/h4-7H,1-3H3,(H,14,15). The summed E-state index contributed by atoms with van der Waals surface area (Å²) in [5.41, 5.74) is 1.28. The number of carbonyl (C=O) groups is 1. The molecular formula is C13H14O4. The number of hydrogen-bond donors (Lipinski definition) is 1. The molecule has 0 aliphatic carbocycles. The van der Waals surface area contributed by atoms with Crippen LogP contribution in [0.5, 0.6) is 5.75 Å². The van der Waals surface area contributed by atoms with E-state index in [4.69, 9.17) is 14.3 Å². The van der Waals surface area contributed by atoms with Crippen LogP contribution in [0, 0.1) is 0 Å². The van der Waals surface area contributed by atoms with Crippen molar-refractivity contribution in [2.75, 3.05) is 7.11 Å². The van der Waals surface area contributed by atoms with Crippen molar-refractivity contribution in [2.45, 2.75) is 19.8 Å². The number of ether oxygens (including phenoxy) is 1. The van der Waals surface area contributed by atoms with Gasteiger partial charge in [-0.1, -0.05) is 13.8 Å². The highest BCUT2D eigenvalue weighted by molar-refractivity contribution is 5.95. The minimum atomic E-state index is -1.04. The molecule has 0 spiro atoms. The second kappa shape index (κ2) is 4.13. The Morgan fingerprint density at radius 3 is 2.65 bits per heavy atom. The van der Waals surface area contributed by atoms with E-state index in [1.165, 1.54) is 0 Å². The molecule has 1 aromatic carbocycles. The molecule has 0 amide bonds. The number of aromatic carboxylic acids is 1. The van der Waals surface area contributed by atoms with Crippen molar-refractivity contribution in [3.63, 3.8) is 0 Å². The monoisotopic (exact) mass is 234 g/mol. The van der Waals surface area contributed by atoms with Crippen LogP contribution >= 0.6 is 0 Å². The molecule has 0 unspecified atom stereocenters. The molecule has 2 aromatic rings. The number of fused-ring (bicyclic) bond motifs is 1. The van der Waals surface area contributed by atoms with Gasteiger partial charge in [0.2, 0.25) is 5.76 Å². The molecular weight excluding hydrogens is 220 g/mol. The van der Waals surface area contributed by atoms with Gasteiger partial charge >= 0.3 is 5.97 Å². The van der Waals surface area contributed by atoms with Crippen LogP contribution in [-0.2, 0) is 0 Å². The van der Waals surface area contributed by atoms with Gasteiger partial charge in [0.25, 0.3) is 0 Å². The summed E-state index contributed by atoms with van der Waals surface area (Å²) in [6.07, 6.45) is 0. The highest BCUT2D eigenvalue weighted by atomic mass is 16.5. The topological polar surface area (TPSA) is 59.7 Å². The van der Waals surface area contributed by atoms with Crippen LogP contribution in [0.15, 0.2) is 22.6 Å². The van der Waals surface area contributed by atoms with Crippen LogP contribution in [0.1, 0.15) is 35.9 Å². The third kappa shape index (κ3) is 1.86. The first-order valence-corrected chi connectivity index (χ1v) is 5.38. The lowest BCUT2D eigenvalue weighted by Gasteiger charge is -2.03. The van der Waals surface area contributed by atoms with E-state index in [1.807, 2.05) is 19.9 Å². The predicted molar refractivity (Wildman–Crippen MR) is 63.8 cm³/mol. The molecule has 4 nitrogen and oxygen atoms in total. The fraction of sp³-hybridized carbons (Fsp3) is 0.308. The van der Waals surface area contributed by atoms with Gasteiger partial charge in [-0.2, -0.15) is 0 Å². The van der Waals surface area contributed by atoms with Gasteiger partial charge in [0.05, 0.1) is 7.11 Å². The Labute approximate surface area is 98.8 Å². The maximum atomic E-state index is 11.1. The molecule has 0 bridgehead atoms. The first kappa shape index (κ1) is 11.5. The van der Waals surface area contributed by atoms with E-state index in [1.54, 1.807) is 19.2 Å². The second-order valence-electron chi connectivity index (χ2n) is 4.17. The van der Waals surface area contributed by atoms with Crippen LogP contribution in [0.4, 0.5) is 0 Å². The van der Waals surface area contributed by atoms with Crippen molar-refractivity contribution in [1.29, 1.82) is 0 Å². The highest BCUT2D eigenvalue weighted by Crippen LogP contribution is 2.33. The lowest BCUT2D eigenvalue weighted by Crippen LogP contribution is -2.00. The first-order valence-electron chi connectivity index (χ1n) is 5.38. The molecule has 0 aliphatic rings. The Balaban J connectivity index is 2.74. The Morgan fingerprint density at radius 2 is 2.12 bits per heavy atom. The van der Waals surface area contributed by atoms with E-state index in [-0.39, 0.29) is 11.7 Å². The van der Waals surface area contributed by atoms with Crippen molar-refractivity contribution >= 4 is 16.9 Å². The molecule has 17 heavy (non-hydrogen) atoms. The molecule has 2 rings (SSSR count). The summed E-state index contributed by atoms with van der Waals surface area (Å²) in [6.45, 7) is 3.89. The number of furan rings is 1. The average Bonchev–Trinajstić information content (AvgIpc) is 2.66. The molecule has 0 saturated carbocycles. The van der Waals surface area contributed by atoms with Gasteiger partial charge in [-0.15, -0.1) is 0 Å². The van der Waals surface area contributed by atoms with E-state index in [2.05, 4.69) is 0 Å². The Morgan fingerprint density at radius 1 is 1.41 bits per heavy atom. The zero-order valence-corrected chi connectivity index (χ0v) is 9.98. The molecule has 1 N–H and O–H groups in total. The second-order valence-corrected chi connectivity index (χ2v) is 4.17. The lowest BCUT2D eigenvalue weighted by molar-refractivity contribution is 0.0662. The smallest absolute Gasteiger partial charge is 0.372 e. The van der Waals surface area contributed by atoms with Crippen molar-refractivity contribution < 1.29 is 19.1 Å². The Kier molecular flexibility index (Phi) is 2.79. The van der Waals surface area contributed by atoms with Crippen LogP contribution in [-0.4, -0.2) is 18.2 Å². The number of methoxy groups -OCH3 is 1. The zero-order valence-electron chi connectivity index (χ0n) is 9.98. The average molecular weight is 234 g/mol. The van der Waals surface area contributed by atoms with E-state index >= 15 is 0 Å². The van der Waals surface area contributed by atoms with Crippen LogP contribution < -0.4 is 4.74 Å². The van der Waals surface area contributed by atoms with Gasteiger partial charge in [0, 0.05) is 17.0 Å². The largest absolute Gasteiger partial charge is 0.497 e.